The van der Waals surface area contributed by atoms with Gasteiger partial charge in [0.15, 0.2) is 0 Å². The number of carbonyl (C=O) groups excluding carboxylic acids is 2. The zero-order valence-corrected chi connectivity index (χ0v) is 18.6. The summed E-state index contributed by atoms with van der Waals surface area (Å²) in [5.41, 5.74) is 2.27. The molecule has 0 spiro atoms. The zero-order valence-electron chi connectivity index (χ0n) is 17.8. The number of para-hydroxylation sites is 1. The number of nitrogens with one attached hydrogen (secondary N) is 2. The SMILES string of the molecule is CC(C)C(C)NC(=O)c1ccccc1N1CCC(NC(=O)c2ccc(Cl)cc2)CC1. The molecule has 5 nitrogen and oxygen atoms in total. The highest BCUT2D eigenvalue weighted by atomic mass is 35.5. The van der Waals surface area contributed by atoms with E-state index in [1.807, 2.05) is 31.2 Å². The van der Waals surface area contributed by atoms with Crippen molar-refractivity contribution in [3.05, 3.63) is 64.7 Å². The minimum atomic E-state index is -0.0763. The van der Waals surface area contributed by atoms with E-state index in [2.05, 4.69) is 29.4 Å². The van der Waals surface area contributed by atoms with Crippen molar-refractivity contribution in [1.29, 1.82) is 0 Å². The van der Waals surface area contributed by atoms with Crippen molar-refractivity contribution < 1.29 is 9.59 Å². The van der Waals surface area contributed by atoms with Crippen molar-refractivity contribution in [3.8, 4) is 0 Å². The quantitative estimate of drug-likeness (QED) is 0.712. The fourth-order valence-electron chi connectivity index (χ4n) is 3.53. The second kappa shape index (κ2) is 9.98. The van der Waals surface area contributed by atoms with Gasteiger partial charge in [0.2, 0.25) is 0 Å². The van der Waals surface area contributed by atoms with Gasteiger partial charge in [-0.15, -0.1) is 0 Å². The number of nitrogens with zero attached hydrogens (tertiary/aromatic N) is 1. The Balaban J connectivity index is 1.60. The lowest BCUT2D eigenvalue weighted by atomic mass is 10.0. The molecule has 0 saturated carbocycles. The van der Waals surface area contributed by atoms with Gasteiger partial charge in [0.05, 0.1) is 5.56 Å². The third kappa shape index (κ3) is 5.54. The summed E-state index contributed by atoms with van der Waals surface area (Å²) in [5.74, 6) is 0.263. The Hall–Kier alpha value is -2.53. The van der Waals surface area contributed by atoms with Gasteiger partial charge < -0.3 is 15.5 Å². The summed E-state index contributed by atoms with van der Waals surface area (Å²) in [7, 11) is 0. The van der Waals surface area contributed by atoms with Gasteiger partial charge in [0.1, 0.15) is 0 Å². The molecule has 30 heavy (non-hydrogen) atoms. The molecule has 1 aliphatic rings. The van der Waals surface area contributed by atoms with E-state index in [9.17, 15) is 9.59 Å². The Morgan fingerprint density at radius 1 is 0.967 bits per heavy atom. The average molecular weight is 428 g/mol. The first-order chi connectivity index (χ1) is 14.3. The molecule has 0 aliphatic carbocycles. The van der Waals surface area contributed by atoms with E-state index >= 15 is 0 Å². The third-order valence-electron chi connectivity index (χ3n) is 5.78. The van der Waals surface area contributed by atoms with Gasteiger partial charge in [-0.05, 0) is 62.1 Å². The zero-order chi connectivity index (χ0) is 21.7. The average Bonchev–Trinajstić information content (AvgIpc) is 2.74. The van der Waals surface area contributed by atoms with E-state index in [0.717, 1.165) is 31.6 Å². The predicted molar refractivity (Wildman–Crippen MR) is 122 cm³/mol. The summed E-state index contributed by atoms with van der Waals surface area (Å²) in [6, 6.07) is 14.9. The molecule has 1 fully saturated rings. The fraction of sp³-hybridized carbons (Fsp3) is 0.417. The van der Waals surface area contributed by atoms with Gasteiger partial charge in [-0.3, -0.25) is 9.59 Å². The number of hydrogen-bond acceptors (Lipinski definition) is 3. The Labute approximate surface area is 183 Å². The van der Waals surface area contributed by atoms with Gasteiger partial charge in [-0.25, -0.2) is 0 Å². The number of piperidine rings is 1. The van der Waals surface area contributed by atoms with Gasteiger partial charge in [-0.1, -0.05) is 37.6 Å². The van der Waals surface area contributed by atoms with Crippen molar-refractivity contribution >= 4 is 29.1 Å². The highest BCUT2D eigenvalue weighted by molar-refractivity contribution is 6.30. The van der Waals surface area contributed by atoms with Crippen LogP contribution in [-0.4, -0.2) is 37.0 Å². The van der Waals surface area contributed by atoms with Crippen LogP contribution in [0, 0.1) is 5.92 Å². The van der Waals surface area contributed by atoms with Gasteiger partial charge in [0, 0.05) is 41.4 Å². The molecule has 0 radical (unpaired) electrons. The van der Waals surface area contributed by atoms with E-state index in [1.165, 1.54) is 0 Å². The van der Waals surface area contributed by atoms with Crippen molar-refractivity contribution in [2.75, 3.05) is 18.0 Å². The summed E-state index contributed by atoms with van der Waals surface area (Å²) < 4.78 is 0. The van der Waals surface area contributed by atoms with Crippen LogP contribution in [0.2, 0.25) is 5.02 Å². The van der Waals surface area contributed by atoms with Gasteiger partial charge in [-0.2, -0.15) is 0 Å². The monoisotopic (exact) mass is 427 g/mol. The lowest BCUT2D eigenvalue weighted by Crippen LogP contribution is -2.45. The van der Waals surface area contributed by atoms with E-state index in [0.29, 0.717) is 22.1 Å². The van der Waals surface area contributed by atoms with Crippen molar-refractivity contribution in [1.82, 2.24) is 10.6 Å². The second-order valence-electron chi connectivity index (χ2n) is 8.26. The Morgan fingerprint density at radius 3 is 2.23 bits per heavy atom. The number of halogens is 1. The Kier molecular flexibility index (Phi) is 7.38. The standard InChI is InChI=1S/C24H30ClN3O2/c1-16(2)17(3)26-24(30)21-6-4-5-7-22(21)28-14-12-20(13-15-28)27-23(29)18-8-10-19(25)11-9-18/h4-11,16-17,20H,12-15H2,1-3H3,(H,26,30)(H,27,29). The summed E-state index contributed by atoms with van der Waals surface area (Å²) >= 11 is 5.89. The van der Waals surface area contributed by atoms with Crippen LogP contribution in [-0.2, 0) is 0 Å². The first-order valence-corrected chi connectivity index (χ1v) is 10.9. The number of carbonyl (C=O) groups is 2. The fourth-order valence-corrected chi connectivity index (χ4v) is 3.65. The van der Waals surface area contributed by atoms with E-state index in [4.69, 9.17) is 11.6 Å². The van der Waals surface area contributed by atoms with Crippen LogP contribution >= 0.6 is 11.6 Å². The van der Waals surface area contributed by atoms with Crippen LogP contribution in [0.3, 0.4) is 0 Å². The molecule has 0 bridgehead atoms. The summed E-state index contributed by atoms with van der Waals surface area (Å²) in [6.07, 6.45) is 1.66. The number of rotatable bonds is 6. The molecule has 2 aromatic rings. The molecular formula is C24H30ClN3O2. The molecule has 6 heteroatoms. The first-order valence-electron chi connectivity index (χ1n) is 10.6. The number of hydrogen-bond donors (Lipinski definition) is 2. The Bertz CT molecular complexity index is 874. The topological polar surface area (TPSA) is 61.4 Å². The predicted octanol–water partition coefficient (Wildman–Crippen LogP) is 4.51. The first kappa shape index (κ1) is 22.2. The molecular weight excluding hydrogens is 398 g/mol. The van der Waals surface area contributed by atoms with Gasteiger partial charge >= 0.3 is 0 Å². The summed E-state index contributed by atoms with van der Waals surface area (Å²) in [5, 5.41) is 6.83. The smallest absolute Gasteiger partial charge is 0.253 e. The molecule has 2 aromatic carbocycles. The van der Waals surface area contributed by atoms with Crippen LogP contribution in [0.1, 0.15) is 54.3 Å². The molecule has 1 atom stereocenters. The van der Waals surface area contributed by atoms with Crippen LogP contribution in [0.25, 0.3) is 0 Å². The molecule has 2 amide bonds. The van der Waals surface area contributed by atoms with Crippen LogP contribution in [0.4, 0.5) is 5.69 Å². The lowest BCUT2D eigenvalue weighted by Gasteiger charge is -2.35. The maximum Gasteiger partial charge on any atom is 0.253 e. The van der Waals surface area contributed by atoms with E-state index < -0.39 is 0 Å². The van der Waals surface area contributed by atoms with Crippen molar-refractivity contribution in [2.24, 2.45) is 5.92 Å². The number of benzene rings is 2. The largest absolute Gasteiger partial charge is 0.371 e. The van der Waals surface area contributed by atoms with Crippen LogP contribution in [0.5, 0.6) is 0 Å². The highest BCUT2D eigenvalue weighted by Gasteiger charge is 2.24. The maximum absolute atomic E-state index is 12.8. The highest BCUT2D eigenvalue weighted by Crippen LogP contribution is 2.25. The number of amides is 2. The third-order valence-corrected chi connectivity index (χ3v) is 6.04. The second-order valence-corrected chi connectivity index (χ2v) is 8.70. The molecule has 160 valence electrons. The molecule has 0 aromatic heterocycles. The van der Waals surface area contributed by atoms with E-state index in [1.54, 1.807) is 24.3 Å². The lowest BCUT2D eigenvalue weighted by molar-refractivity contribution is 0.0925. The molecule has 3 rings (SSSR count). The number of anilines is 1. The summed E-state index contributed by atoms with van der Waals surface area (Å²) in [4.78, 5) is 27.5. The Morgan fingerprint density at radius 2 is 1.60 bits per heavy atom. The van der Waals surface area contributed by atoms with Crippen molar-refractivity contribution in [3.63, 3.8) is 0 Å². The minimum Gasteiger partial charge on any atom is -0.371 e. The van der Waals surface area contributed by atoms with Crippen LogP contribution < -0.4 is 15.5 Å². The molecule has 1 aliphatic heterocycles. The normalized spacial score (nSPS) is 15.7. The minimum absolute atomic E-state index is 0.0371. The molecule has 1 saturated heterocycles. The molecule has 1 unspecified atom stereocenters. The van der Waals surface area contributed by atoms with Crippen molar-refractivity contribution in [2.45, 2.75) is 45.7 Å². The summed E-state index contributed by atoms with van der Waals surface area (Å²) in [6.45, 7) is 7.80. The maximum atomic E-state index is 12.8. The van der Waals surface area contributed by atoms with Crippen LogP contribution in [0.15, 0.2) is 48.5 Å². The van der Waals surface area contributed by atoms with Gasteiger partial charge in [0.25, 0.3) is 11.8 Å². The molecule has 1 heterocycles. The van der Waals surface area contributed by atoms with E-state index in [-0.39, 0.29) is 23.9 Å². The molecule has 2 N–H and O–H groups in total.